The van der Waals surface area contributed by atoms with Gasteiger partial charge in [0.1, 0.15) is 5.82 Å². The third kappa shape index (κ3) is 4.69. The molecule has 0 radical (unpaired) electrons. The zero-order valence-corrected chi connectivity index (χ0v) is 16.5. The number of amides is 2. The van der Waals surface area contributed by atoms with Gasteiger partial charge in [0.2, 0.25) is 5.91 Å². The number of furan rings is 1. The summed E-state index contributed by atoms with van der Waals surface area (Å²) in [6.45, 7) is 1.16. The van der Waals surface area contributed by atoms with E-state index in [-0.39, 0.29) is 29.4 Å². The molecule has 154 valence electrons. The zero-order valence-electron chi connectivity index (χ0n) is 16.5. The highest BCUT2D eigenvalue weighted by atomic mass is 19.1. The van der Waals surface area contributed by atoms with Gasteiger partial charge in [0.05, 0.1) is 6.26 Å². The van der Waals surface area contributed by atoms with E-state index >= 15 is 0 Å². The molecule has 5 nitrogen and oxygen atoms in total. The van der Waals surface area contributed by atoms with Gasteiger partial charge in [-0.1, -0.05) is 25.0 Å². The lowest BCUT2D eigenvalue weighted by Gasteiger charge is -2.32. The van der Waals surface area contributed by atoms with Crippen molar-refractivity contribution in [2.75, 3.05) is 13.1 Å². The first-order chi connectivity index (χ1) is 14.1. The van der Waals surface area contributed by atoms with Gasteiger partial charge in [0.15, 0.2) is 5.76 Å². The summed E-state index contributed by atoms with van der Waals surface area (Å²) in [5.74, 6) is 0.486. The molecule has 29 heavy (non-hydrogen) atoms. The molecule has 1 aromatic carbocycles. The molecule has 1 aromatic heterocycles. The summed E-state index contributed by atoms with van der Waals surface area (Å²) in [4.78, 5) is 27.0. The normalized spacial score (nSPS) is 18.2. The lowest BCUT2D eigenvalue weighted by atomic mass is 10.0. The van der Waals surface area contributed by atoms with E-state index in [1.54, 1.807) is 23.1 Å². The number of carbonyl (C=O) groups is 2. The summed E-state index contributed by atoms with van der Waals surface area (Å²) in [6.07, 6.45) is 8.42. The van der Waals surface area contributed by atoms with Crippen molar-refractivity contribution in [1.82, 2.24) is 10.2 Å². The fourth-order valence-electron chi connectivity index (χ4n) is 4.47. The van der Waals surface area contributed by atoms with Crippen LogP contribution in [-0.2, 0) is 4.79 Å². The second-order valence-corrected chi connectivity index (χ2v) is 8.16. The van der Waals surface area contributed by atoms with E-state index in [4.69, 9.17) is 4.42 Å². The van der Waals surface area contributed by atoms with Crippen molar-refractivity contribution in [1.29, 1.82) is 0 Å². The molecule has 1 aliphatic heterocycles. The van der Waals surface area contributed by atoms with Gasteiger partial charge in [-0.2, -0.15) is 0 Å². The lowest BCUT2D eigenvalue weighted by Crippen LogP contribution is -2.46. The number of rotatable bonds is 5. The molecule has 0 spiro atoms. The Morgan fingerprint density at radius 1 is 1.03 bits per heavy atom. The maximum Gasteiger partial charge on any atom is 0.290 e. The van der Waals surface area contributed by atoms with Crippen molar-refractivity contribution in [3.8, 4) is 11.1 Å². The van der Waals surface area contributed by atoms with Crippen molar-refractivity contribution in [2.24, 2.45) is 5.92 Å². The number of likely N-dealkylation sites (tertiary alicyclic amines) is 1. The van der Waals surface area contributed by atoms with Crippen LogP contribution in [0.3, 0.4) is 0 Å². The van der Waals surface area contributed by atoms with Crippen molar-refractivity contribution in [3.63, 3.8) is 0 Å². The molecular weight excluding hydrogens is 371 g/mol. The summed E-state index contributed by atoms with van der Waals surface area (Å²) in [6, 6.07) is 7.89. The van der Waals surface area contributed by atoms with Crippen LogP contribution in [0.1, 0.15) is 55.5 Å². The number of piperidine rings is 1. The Bertz CT molecular complexity index is 847. The van der Waals surface area contributed by atoms with E-state index in [1.165, 1.54) is 44.1 Å². The van der Waals surface area contributed by atoms with Gasteiger partial charge in [0.25, 0.3) is 5.91 Å². The smallest absolute Gasteiger partial charge is 0.290 e. The third-order valence-corrected chi connectivity index (χ3v) is 6.11. The van der Waals surface area contributed by atoms with Crippen LogP contribution in [0.4, 0.5) is 4.39 Å². The van der Waals surface area contributed by atoms with E-state index in [1.807, 2.05) is 0 Å². The molecule has 1 aliphatic carbocycles. The zero-order chi connectivity index (χ0) is 20.2. The SMILES string of the molecule is O=C(CC1CCCC1)NC1CCN(C(=O)c2occc2-c2ccc(F)cc2)CC1. The molecule has 2 fully saturated rings. The minimum atomic E-state index is -0.317. The molecule has 6 heteroatoms. The minimum absolute atomic E-state index is 0.126. The van der Waals surface area contributed by atoms with Crippen molar-refractivity contribution < 1.29 is 18.4 Å². The van der Waals surface area contributed by atoms with Crippen LogP contribution in [-0.4, -0.2) is 35.8 Å². The van der Waals surface area contributed by atoms with Crippen LogP contribution in [0.2, 0.25) is 0 Å². The summed E-state index contributed by atoms with van der Waals surface area (Å²) in [5, 5.41) is 3.15. The van der Waals surface area contributed by atoms with Crippen LogP contribution in [0.25, 0.3) is 11.1 Å². The predicted molar refractivity (Wildman–Crippen MR) is 108 cm³/mol. The van der Waals surface area contributed by atoms with Crippen LogP contribution >= 0.6 is 0 Å². The molecule has 2 aliphatic rings. The fourth-order valence-corrected chi connectivity index (χ4v) is 4.47. The van der Waals surface area contributed by atoms with Gasteiger partial charge in [-0.3, -0.25) is 9.59 Å². The first kappa shape index (κ1) is 19.7. The van der Waals surface area contributed by atoms with Gasteiger partial charge in [-0.15, -0.1) is 0 Å². The Morgan fingerprint density at radius 3 is 2.41 bits per heavy atom. The number of hydrogen-bond acceptors (Lipinski definition) is 3. The summed E-state index contributed by atoms with van der Waals surface area (Å²) in [5.41, 5.74) is 1.42. The monoisotopic (exact) mass is 398 g/mol. The van der Waals surface area contributed by atoms with Gasteiger partial charge in [-0.25, -0.2) is 4.39 Å². The van der Waals surface area contributed by atoms with Crippen molar-refractivity contribution in [3.05, 3.63) is 48.2 Å². The van der Waals surface area contributed by atoms with E-state index < -0.39 is 0 Å². The highest BCUT2D eigenvalue weighted by Crippen LogP contribution is 2.28. The second kappa shape index (κ2) is 8.80. The van der Waals surface area contributed by atoms with E-state index in [2.05, 4.69) is 5.32 Å². The molecule has 1 saturated heterocycles. The molecule has 4 rings (SSSR count). The number of nitrogens with zero attached hydrogens (tertiary/aromatic N) is 1. The highest BCUT2D eigenvalue weighted by Gasteiger charge is 2.28. The molecule has 0 unspecified atom stereocenters. The molecular formula is C23H27FN2O3. The Kier molecular flexibility index (Phi) is 5.97. The average Bonchev–Trinajstić information content (AvgIpc) is 3.40. The number of benzene rings is 1. The van der Waals surface area contributed by atoms with E-state index in [0.717, 1.165) is 18.4 Å². The van der Waals surface area contributed by atoms with Crippen molar-refractivity contribution in [2.45, 2.75) is 51.0 Å². The second-order valence-electron chi connectivity index (χ2n) is 8.16. The first-order valence-electron chi connectivity index (χ1n) is 10.5. The molecule has 2 aromatic rings. The molecule has 2 heterocycles. The van der Waals surface area contributed by atoms with Crippen LogP contribution in [0, 0.1) is 11.7 Å². The Hall–Kier alpha value is -2.63. The maximum absolute atomic E-state index is 13.2. The van der Waals surface area contributed by atoms with E-state index in [9.17, 15) is 14.0 Å². The molecule has 0 bridgehead atoms. The third-order valence-electron chi connectivity index (χ3n) is 6.11. The Morgan fingerprint density at radius 2 is 1.72 bits per heavy atom. The minimum Gasteiger partial charge on any atom is -0.459 e. The van der Waals surface area contributed by atoms with Crippen LogP contribution in [0.5, 0.6) is 0 Å². The van der Waals surface area contributed by atoms with Crippen molar-refractivity contribution >= 4 is 11.8 Å². The first-order valence-corrected chi connectivity index (χ1v) is 10.5. The molecule has 1 N–H and O–H groups in total. The topological polar surface area (TPSA) is 62.6 Å². The lowest BCUT2D eigenvalue weighted by molar-refractivity contribution is -0.122. The standard InChI is InChI=1S/C23H27FN2O3/c24-18-7-5-17(6-8-18)20-11-14-29-22(20)23(28)26-12-9-19(10-13-26)25-21(27)15-16-3-1-2-4-16/h5-8,11,14,16,19H,1-4,9-10,12-13,15H2,(H,25,27). The van der Waals surface area contributed by atoms with Gasteiger partial charge >= 0.3 is 0 Å². The molecule has 1 saturated carbocycles. The van der Waals surface area contributed by atoms with Gasteiger partial charge in [0, 0.05) is 31.1 Å². The number of hydrogen-bond donors (Lipinski definition) is 1. The summed E-state index contributed by atoms with van der Waals surface area (Å²) < 4.78 is 18.7. The quantitative estimate of drug-likeness (QED) is 0.813. The number of halogens is 1. The maximum atomic E-state index is 13.2. The highest BCUT2D eigenvalue weighted by molar-refractivity contribution is 5.98. The largest absolute Gasteiger partial charge is 0.459 e. The Balaban J connectivity index is 1.32. The van der Waals surface area contributed by atoms with Crippen LogP contribution < -0.4 is 5.32 Å². The summed E-state index contributed by atoms with van der Waals surface area (Å²) in [7, 11) is 0. The molecule has 2 amide bonds. The number of carbonyl (C=O) groups excluding carboxylic acids is 2. The number of nitrogens with one attached hydrogen (secondary N) is 1. The fraction of sp³-hybridized carbons (Fsp3) is 0.478. The summed E-state index contributed by atoms with van der Waals surface area (Å²) >= 11 is 0. The predicted octanol–water partition coefficient (Wildman–Crippen LogP) is 4.39. The van der Waals surface area contributed by atoms with Crippen LogP contribution in [0.15, 0.2) is 41.0 Å². The van der Waals surface area contributed by atoms with Gasteiger partial charge in [-0.05, 0) is 55.4 Å². The average molecular weight is 398 g/mol. The Labute approximate surface area is 170 Å². The van der Waals surface area contributed by atoms with E-state index in [0.29, 0.717) is 31.0 Å². The van der Waals surface area contributed by atoms with Gasteiger partial charge < -0.3 is 14.6 Å². The molecule has 0 atom stereocenters.